The van der Waals surface area contributed by atoms with E-state index in [1.807, 2.05) is 0 Å². The van der Waals surface area contributed by atoms with Crippen molar-refractivity contribution in [2.75, 3.05) is 18.5 Å². The van der Waals surface area contributed by atoms with Gasteiger partial charge in [0, 0.05) is 19.2 Å². The van der Waals surface area contributed by atoms with Gasteiger partial charge < -0.3 is 10.4 Å². The van der Waals surface area contributed by atoms with Crippen molar-refractivity contribution in [3.05, 3.63) is 28.2 Å². The number of hydrogen-bond donors (Lipinski definition) is 2. The maximum Gasteiger partial charge on any atom is 0.149 e. The summed E-state index contributed by atoms with van der Waals surface area (Å²) in [6.07, 6.45) is 2.47. The molecule has 0 heterocycles. The maximum absolute atomic E-state index is 13.2. The van der Waals surface area contributed by atoms with Crippen LogP contribution in [0.25, 0.3) is 0 Å². The first kappa shape index (κ1) is 13.4. The van der Waals surface area contributed by atoms with Crippen LogP contribution in [0.3, 0.4) is 0 Å². The standard InChI is InChI=1S/C11H14BrF2NO/c12-8-6-11(10(14)7-9(8)13)15-4-2-1-3-5-16/h6-7,15-16H,1-5H2. The molecule has 0 unspecified atom stereocenters. The van der Waals surface area contributed by atoms with Crippen LogP contribution in [0.4, 0.5) is 14.5 Å². The van der Waals surface area contributed by atoms with Gasteiger partial charge in [0.2, 0.25) is 0 Å². The lowest BCUT2D eigenvalue weighted by atomic mass is 10.2. The minimum atomic E-state index is -0.608. The fourth-order valence-corrected chi connectivity index (χ4v) is 1.64. The smallest absolute Gasteiger partial charge is 0.149 e. The largest absolute Gasteiger partial charge is 0.396 e. The molecule has 0 atom stereocenters. The Labute approximate surface area is 102 Å². The molecule has 0 aliphatic heterocycles. The SMILES string of the molecule is OCCCCCNc1cc(Br)c(F)cc1F. The normalized spacial score (nSPS) is 10.5. The number of anilines is 1. The summed E-state index contributed by atoms with van der Waals surface area (Å²) in [5.41, 5.74) is 0.289. The van der Waals surface area contributed by atoms with E-state index >= 15 is 0 Å². The molecule has 1 rings (SSSR count). The Bertz CT molecular complexity index is 347. The summed E-state index contributed by atoms with van der Waals surface area (Å²) in [6, 6.07) is 2.23. The predicted molar refractivity (Wildman–Crippen MR) is 63.5 cm³/mol. The fourth-order valence-electron chi connectivity index (χ4n) is 1.29. The van der Waals surface area contributed by atoms with Crippen LogP contribution < -0.4 is 5.32 Å². The van der Waals surface area contributed by atoms with Crippen molar-refractivity contribution >= 4 is 21.6 Å². The van der Waals surface area contributed by atoms with Gasteiger partial charge in [-0.3, -0.25) is 0 Å². The second-order valence-electron chi connectivity index (χ2n) is 3.46. The highest BCUT2D eigenvalue weighted by atomic mass is 79.9. The molecule has 0 aliphatic rings. The highest BCUT2D eigenvalue weighted by molar-refractivity contribution is 9.10. The number of aliphatic hydroxyl groups excluding tert-OH is 1. The van der Waals surface area contributed by atoms with E-state index in [1.54, 1.807) is 0 Å². The third-order valence-electron chi connectivity index (χ3n) is 2.16. The van der Waals surface area contributed by atoms with Crippen molar-refractivity contribution < 1.29 is 13.9 Å². The van der Waals surface area contributed by atoms with Gasteiger partial charge in [0.1, 0.15) is 11.6 Å². The summed E-state index contributed by atoms with van der Waals surface area (Å²) >= 11 is 3.00. The van der Waals surface area contributed by atoms with Gasteiger partial charge in [-0.05, 0) is 41.3 Å². The highest BCUT2D eigenvalue weighted by Crippen LogP contribution is 2.23. The summed E-state index contributed by atoms with van der Waals surface area (Å²) < 4.78 is 26.4. The minimum Gasteiger partial charge on any atom is -0.396 e. The molecule has 2 N–H and O–H groups in total. The Morgan fingerprint density at radius 1 is 1.12 bits per heavy atom. The van der Waals surface area contributed by atoms with Crippen molar-refractivity contribution in [3.63, 3.8) is 0 Å². The molecule has 0 saturated heterocycles. The first-order valence-electron chi connectivity index (χ1n) is 5.14. The topological polar surface area (TPSA) is 32.3 Å². The van der Waals surface area contributed by atoms with Crippen LogP contribution in [0.2, 0.25) is 0 Å². The molecule has 0 radical (unpaired) electrons. The third-order valence-corrected chi connectivity index (χ3v) is 2.77. The lowest BCUT2D eigenvalue weighted by molar-refractivity contribution is 0.283. The van der Waals surface area contributed by atoms with Crippen LogP contribution in [0.1, 0.15) is 19.3 Å². The van der Waals surface area contributed by atoms with Crippen LogP contribution in [-0.2, 0) is 0 Å². The van der Waals surface area contributed by atoms with Crippen molar-refractivity contribution in [2.24, 2.45) is 0 Å². The zero-order valence-electron chi connectivity index (χ0n) is 8.77. The van der Waals surface area contributed by atoms with E-state index in [9.17, 15) is 8.78 Å². The van der Waals surface area contributed by atoms with Crippen LogP contribution in [0.5, 0.6) is 0 Å². The lowest BCUT2D eigenvalue weighted by Gasteiger charge is -2.08. The van der Waals surface area contributed by atoms with Gasteiger partial charge in [0.05, 0.1) is 10.2 Å². The molecule has 0 fully saturated rings. The molecule has 1 aromatic carbocycles. The molecular formula is C11H14BrF2NO. The Balaban J connectivity index is 2.45. The molecule has 2 nitrogen and oxygen atoms in total. The van der Waals surface area contributed by atoms with Crippen molar-refractivity contribution in [1.29, 1.82) is 0 Å². The summed E-state index contributed by atoms with van der Waals surface area (Å²) in [7, 11) is 0. The average Bonchev–Trinajstić information content (AvgIpc) is 2.25. The van der Waals surface area contributed by atoms with Gasteiger partial charge in [0.25, 0.3) is 0 Å². The summed E-state index contributed by atoms with van der Waals surface area (Å²) in [5, 5.41) is 11.5. The van der Waals surface area contributed by atoms with E-state index < -0.39 is 11.6 Å². The second kappa shape index (κ2) is 6.81. The molecule has 1 aromatic rings. The van der Waals surface area contributed by atoms with Crippen LogP contribution in [0, 0.1) is 11.6 Å². The number of unbranched alkanes of at least 4 members (excludes halogenated alkanes) is 2. The van der Waals surface area contributed by atoms with Gasteiger partial charge in [-0.25, -0.2) is 8.78 Å². The zero-order chi connectivity index (χ0) is 12.0. The molecule has 0 bridgehead atoms. The van der Waals surface area contributed by atoms with Gasteiger partial charge >= 0.3 is 0 Å². The van der Waals surface area contributed by atoms with Gasteiger partial charge in [0.15, 0.2) is 0 Å². The number of halogens is 3. The van der Waals surface area contributed by atoms with Gasteiger partial charge in [-0.2, -0.15) is 0 Å². The average molecular weight is 294 g/mol. The first-order chi connectivity index (χ1) is 7.65. The molecule has 16 heavy (non-hydrogen) atoms. The quantitative estimate of drug-likeness (QED) is 0.623. The second-order valence-corrected chi connectivity index (χ2v) is 4.31. The van der Waals surface area contributed by atoms with Gasteiger partial charge in [-0.1, -0.05) is 0 Å². The van der Waals surface area contributed by atoms with Gasteiger partial charge in [-0.15, -0.1) is 0 Å². The van der Waals surface area contributed by atoms with E-state index in [4.69, 9.17) is 5.11 Å². The van der Waals surface area contributed by atoms with Crippen molar-refractivity contribution in [3.8, 4) is 0 Å². The molecule has 0 spiro atoms. The number of aliphatic hydroxyl groups is 1. The van der Waals surface area contributed by atoms with Crippen LogP contribution in [0.15, 0.2) is 16.6 Å². The molecular weight excluding hydrogens is 280 g/mol. The summed E-state index contributed by atoms with van der Waals surface area (Å²) in [5.74, 6) is -1.20. The lowest BCUT2D eigenvalue weighted by Crippen LogP contribution is -2.04. The molecule has 0 aromatic heterocycles. The monoisotopic (exact) mass is 293 g/mol. The van der Waals surface area contributed by atoms with Crippen molar-refractivity contribution in [1.82, 2.24) is 0 Å². The van der Waals surface area contributed by atoms with E-state index in [1.165, 1.54) is 6.07 Å². The number of rotatable bonds is 6. The zero-order valence-corrected chi connectivity index (χ0v) is 10.4. The summed E-state index contributed by atoms with van der Waals surface area (Å²) in [6.45, 7) is 0.783. The third kappa shape index (κ3) is 4.06. The Morgan fingerprint density at radius 2 is 1.88 bits per heavy atom. The van der Waals surface area contributed by atoms with E-state index in [-0.39, 0.29) is 16.8 Å². The van der Waals surface area contributed by atoms with E-state index in [2.05, 4.69) is 21.2 Å². The Kier molecular flexibility index (Phi) is 5.69. The first-order valence-corrected chi connectivity index (χ1v) is 5.93. The van der Waals surface area contributed by atoms with Crippen LogP contribution >= 0.6 is 15.9 Å². The van der Waals surface area contributed by atoms with Crippen molar-refractivity contribution in [2.45, 2.75) is 19.3 Å². The molecule has 0 amide bonds. The molecule has 0 saturated carbocycles. The number of benzene rings is 1. The van der Waals surface area contributed by atoms with E-state index in [0.29, 0.717) is 6.54 Å². The summed E-state index contributed by atoms with van der Waals surface area (Å²) in [4.78, 5) is 0. The number of nitrogens with one attached hydrogen (secondary N) is 1. The van der Waals surface area contributed by atoms with E-state index in [0.717, 1.165) is 25.3 Å². The number of hydrogen-bond acceptors (Lipinski definition) is 2. The highest BCUT2D eigenvalue weighted by Gasteiger charge is 2.07. The molecule has 5 heteroatoms. The van der Waals surface area contributed by atoms with Crippen LogP contribution in [-0.4, -0.2) is 18.3 Å². The molecule has 90 valence electrons. The minimum absolute atomic E-state index is 0.177. The Hall–Kier alpha value is -0.680. The maximum atomic E-state index is 13.2. The predicted octanol–water partition coefficient (Wildman–Crippen LogP) is 3.30. The molecule has 0 aliphatic carbocycles. The fraction of sp³-hybridized carbons (Fsp3) is 0.455. The Morgan fingerprint density at radius 3 is 2.56 bits per heavy atom.